The molecule has 2 rings (SSSR count). The minimum Gasteiger partial charge on any atom is -0.370 e. The third kappa shape index (κ3) is 3.33. The van der Waals surface area contributed by atoms with Crippen molar-refractivity contribution < 1.29 is 8.42 Å². The van der Waals surface area contributed by atoms with Crippen molar-refractivity contribution >= 4 is 21.5 Å². The van der Waals surface area contributed by atoms with Gasteiger partial charge in [0.1, 0.15) is 5.82 Å². The highest BCUT2D eigenvalue weighted by Crippen LogP contribution is 2.23. The zero-order chi connectivity index (χ0) is 15.5. The lowest BCUT2D eigenvalue weighted by atomic mass is 10.2. The molecule has 0 aliphatic carbocycles. The summed E-state index contributed by atoms with van der Waals surface area (Å²) >= 11 is 0. The van der Waals surface area contributed by atoms with E-state index in [2.05, 4.69) is 10.3 Å². The van der Waals surface area contributed by atoms with Crippen molar-refractivity contribution in [2.75, 3.05) is 23.2 Å². The molecule has 0 unspecified atom stereocenters. The molecule has 112 valence electrons. The first kappa shape index (κ1) is 15.3. The average molecular weight is 305 g/mol. The van der Waals surface area contributed by atoms with Crippen LogP contribution in [0.1, 0.15) is 12.5 Å². The monoisotopic (exact) mass is 305 g/mol. The molecule has 0 amide bonds. The zero-order valence-electron chi connectivity index (χ0n) is 12.4. The van der Waals surface area contributed by atoms with Gasteiger partial charge >= 0.3 is 0 Å². The Hall–Kier alpha value is -2.08. The van der Waals surface area contributed by atoms with Crippen LogP contribution in [0.4, 0.5) is 11.5 Å². The van der Waals surface area contributed by atoms with Crippen molar-refractivity contribution in [3.8, 4) is 0 Å². The van der Waals surface area contributed by atoms with E-state index < -0.39 is 10.0 Å². The molecule has 0 saturated carbocycles. The van der Waals surface area contributed by atoms with Gasteiger partial charge in [-0.3, -0.25) is 4.31 Å². The average Bonchev–Trinajstić information content (AvgIpc) is 2.48. The third-order valence-corrected chi connectivity index (χ3v) is 4.93. The van der Waals surface area contributed by atoms with Crippen LogP contribution in [0.15, 0.2) is 47.5 Å². The summed E-state index contributed by atoms with van der Waals surface area (Å²) in [5.74, 6) is 0.552. The molecule has 1 aromatic carbocycles. The summed E-state index contributed by atoms with van der Waals surface area (Å²) in [6.07, 6.45) is 1.49. The Morgan fingerprint density at radius 2 is 1.86 bits per heavy atom. The number of benzene rings is 1. The van der Waals surface area contributed by atoms with Crippen molar-refractivity contribution in [1.82, 2.24) is 4.98 Å². The Balaban J connectivity index is 2.36. The molecule has 1 N–H and O–H groups in total. The van der Waals surface area contributed by atoms with E-state index in [1.54, 1.807) is 25.2 Å². The molecule has 21 heavy (non-hydrogen) atoms. The summed E-state index contributed by atoms with van der Waals surface area (Å²) in [5.41, 5.74) is 1.71. The molecule has 0 aliphatic rings. The van der Waals surface area contributed by atoms with Crippen LogP contribution in [0.5, 0.6) is 0 Å². The maximum Gasteiger partial charge on any atom is 0.264 e. The van der Waals surface area contributed by atoms with Crippen LogP contribution in [0, 0.1) is 6.92 Å². The molecule has 2 aromatic rings. The van der Waals surface area contributed by atoms with Crippen LogP contribution in [-0.4, -0.2) is 27.0 Å². The fraction of sp³-hybridized carbons (Fsp3) is 0.267. The van der Waals surface area contributed by atoms with E-state index in [9.17, 15) is 8.42 Å². The number of nitrogens with one attached hydrogen (secondary N) is 1. The van der Waals surface area contributed by atoms with Crippen molar-refractivity contribution in [3.05, 3.63) is 48.2 Å². The second kappa shape index (κ2) is 6.13. The van der Waals surface area contributed by atoms with Gasteiger partial charge in [0.25, 0.3) is 10.0 Å². The lowest BCUT2D eigenvalue weighted by Crippen LogP contribution is -2.26. The first-order valence-corrected chi connectivity index (χ1v) is 8.14. The van der Waals surface area contributed by atoms with E-state index >= 15 is 0 Å². The molecule has 0 aliphatic heterocycles. The van der Waals surface area contributed by atoms with Gasteiger partial charge in [-0.2, -0.15) is 0 Å². The molecule has 0 atom stereocenters. The van der Waals surface area contributed by atoms with Crippen LogP contribution >= 0.6 is 0 Å². The Bertz CT molecular complexity index is 712. The van der Waals surface area contributed by atoms with Crippen LogP contribution < -0.4 is 9.62 Å². The number of aryl methyl sites for hydroxylation is 1. The van der Waals surface area contributed by atoms with Gasteiger partial charge in [0.15, 0.2) is 0 Å². The lowest BCUT2D eigenvalue weighted by Gasteiger charge is -2.20. The molecule has 0 spiro atoms. The molecule has 1 aromatic heterocycles. The summed E-state index contributed by atoms with van der Waals surface area (Å²) in [7, 11) is -2.04. The normalized spacial score (nSPS) is 11.2. The Morgan fingerprint density at radius 3 is 2.48 bits per heavy atom. The Kier molecular flexibility index (Phi) is 4.47. The molecule has 6 heteroatoms. The zero-order valence-corrected chi connectivity index (χ0v) is 13.2. The number of hydrogen-bond donors (Lipinski definition) is 1. The molecule has 5 nitrogen and oxygen atoms in total. The van der Waals surface area contributed by atoms with Gasteiger partial charge in [-0.25, -0.2) is 13.4 Å². The van der Waals surface area contributed by atoms with E-state index in [0.717, 1.165) is 5.56 Å². The predicted octanol–water partition coefficient (Wildman–Crippen LogP) is 2.65. The van der Waals surface area contributed by atoms with E-state index in [1.165, 1.54) is 16.6 Å². The van der Waals surface area contributed by atoms with E-state index in [-0.39, 0.29) is 4.90 Å². The van der Waals surface area contributed by atoms with Gasteiger partial charge in [0.2, 0.25) is 0 Å². The number of rotatable bonds is 5. The topological polar surface area (TPSA) is 62.3 Å². The first-order valence-electron chi connectivity index (χ1n) is 6.70. The lowest BCUT2D eigenvalue weighted by molar-refractivity contribution is 0.594. The molecular weight excluding hydrogens is 286 g/mol. The van der Waals surface area contributed by atoms with Crippen LogP contribution in [0.2, 0.25) is 0 Å². The van der Waals surface area contributed by atoms with Gasteiger partial charge in [-0.15, -0.1) is 0 Å². The predicted molar refractivity (Wildman–Crippen MR) is 85.2 cm³/mol. The number of nitrogens with zero attached hydrogens (tertiary/aromatic N) is 2. The maximum atomic E-state index is 12.6. The minimum absolute atomic E-state index is 0.219. The Labute approximate surface area is 125 Å². The summed E-state index contributed by atoms with van der Waals surface area (Å²) in [5, 5.41) is 3.01. The van der Waals surface area contributed by atoms with E-state index in [4.69, 9.17) is 0 Å². The number of pyridine rings is 1. The van der Waals surface area contributed by atoms with E-state index in [0.29, 0.717) is 18.1 Å². The second-order valence-electron chi connectivity index (χ2n) is 4.72. The molecular formula is C15H19N3O2S. The first-order chi connectivity index (χ1) is 9.95. The summed E-state index contributed by atoms with van der Waals surface area (Å²) in [4.78, 5) is 4.31. The highest BCUT2D eigenvalue weighted by molar-refractivity contribution is 7.92. The van der Waals surface area contributed by atoms with Crippen molar-refractivity contribution in [3.63, 3.8) is 0 Å². The van der Waals surface area contributed by atoms with Crippen LogP contribution in [0.25, 0.3) is 0 Å². The smallest absolute Gasteiger partial charge is 0.264 e. The summed E-state index contributed by atoms with van der Waals surface area (Å²) < 4.78 is 26.6. The largest absolute Gasteiger partial charge is 0.370 e. The van der Waals surface area contributed by atoms with Gasteiger partial charge in [0, 0.05) is 25.9 Å². The minimum atomic E-state index is -3.59. The Morgan fingerprint density at radius 1 is 1.19 bits per heavy atom. The summed E-state index contributed by atoms with van der Waals surface area (Å²) in [6.45, 7) is 4.58. The fourth-order valence-electron chi connectivity index (χ4n) is 1.90. The fourth-order valence-corrected chi connectivity index (χ4v) is 3.11. The van der Waals surface area contributed by atoms with E-state index in [1.807, 2.05) is 26.0 Å². The number of hydrogen-bond acceptors (Lipinski definition) is 4. The number of aromatic nitrogens is 1. The molecule has 0 radical (unpaired) electrons. The highest BCUT2D eigenvalue weighted by Gasteiger charge is 2.21. The van der Waals surface area contributed by atoms with Crippen molar-refractivity contribution in [2.24, 2.45) is 0 Å². The standard InChI is InChI=1S/C15H19N3O2S/c1-4-16-15-11-14(9-10-17-15)21(19,20)18(3)13-7-5-12(2)6-8-13/h5-11H,4H2,1-3H3,(H,16,17). The van der Waals surface area contributed by atoms with Gasteiger partial charge in [0.05, 0.1) is 10.6 Å². The molecule has 1 heterocycles. The molecule has 0 bridgehead atoms. The second-order valence-corrected chi connectivity index (χ2v) is 6.68. The van der Waals surface area contributed by atoms with Crippen molar-refractivity contribution in [1.29, 1.82) is 0 Å². The third-order valence-electron chi connectivity index (χ3n) is 3.15. The quantitative estimate of drug-likeness (QED) is 0.922. The maximum absolute atomic E-state index is 12.6. The van der Waals surface area contributed by atoms with Crippen molar-refractivity contribution in [2.45, 2.75) is 18.7 Å². The van der Waals surface area contributed by atoms with Crippen LogP contribution in [0.3, 0.4) is 0 Å². The van der Waals surface area contributed by atoms with Crippen LogP contribution in [-0.2, 0) is 10.0 Å². The highest BCUT2D eigenvalue weighted by atomic mass is 32.2. The molecule has 0 saturated heterocycles. The van der Waals surface area contributed by atoms with Gasteiger partial charge < -0.3 is 5.32 Å². The SMILES string of the molecule is CCNc1cc(S(=O)(=O)N(C)c2ccc(C)cc2)ccn1. The van der Waals surface area contributed by atoms with Gasteiger partial charge in [-0.05, 0) is 32.0 Å². The van der Waals surface area contributed by atoms with Gasteiger partial charge in [-0.1, -0.05) is 17.7 Å². The number of sulfonamides is 1. The number of anilines is 2. The summed E-state index contributed by atoms with van der Waals surface area (Å²) in [6, 6.07) is 10.4. The molecule has 0 fully saturated rings.